The Kier molecular flexibility index (Phi) is 8.71. The van der Waals surface area contributed by atoms with E-state index in [0.29, 0.717) is 0 Å². The Morgan fingerprint density at radius 3 is 1.08 bits per heavy atom. The van der Waals surface area contributed by atoms with Crippen LogP contribution in [0.4, 0.5) is 0 Å². The van der Waals surface area contributed by atoms with E-state index in [4.69, 9.17) is 0 Å². The molecule has 0 N–H and O–H groups in total. The molecule has 3 heteroatoms. The molecule has 0 bridgehead atoms. The van der Waals surface area contributed by atoms with Crippen LogP contribution in [0.25, 0.3) is 44.5 Å². The first-order valence-corrected chi connectivity index (χ1v) is 14.6. The summed E-state index contributed by atoms with van der Waals surface area (Å²) in [6.07, 6.45) is 0. The number of hydrogen-bond donors (Lipinski definition) is 0. The van der Waals surface area contributed by atoms with Crippen LogP contribution in [0.1, 0.15) is 11.1 Å². The molecule has 0 aromatic heterocycles. The van der Waals surface area contributed by atoms with Crippen molar-refractivity contribution in [3.05, 3.63) is 132 Å². The Labute approximate surface area is 243 Å². The van der Waals surface area contributed by atoms with Gasteiger partial charge in [0.25, 0.3) is 0 Å². The Morgan fingerprint density at radius 1 is 0.378 bits per heavy atom. The largest absolute Gasteiger partial charge is 1.00 e. The van der Waals surface area contributed by atoms with E-state index in [9.17, 15) is 0 Å². The van der Waals surface area contributed by atoms with Crippen LogP contribution in [0.3, 0.4) is 0 Å². The van der Waals surface area contributed by atoms with Gasteiger partial charge in [0.1, 0.15) is 0 Å². The summed E-state index contributed by atoms with van der Waals surface area (Å²) in [5.41, 5.74) is 13.7. The van der Waals surface area contributed by atoms with Crippen molar-refractivity contribution in [3.63, 3.8) is 0 Å². The average Bonchev–Trinajstić information content (AvgIpc) is 3.15. The van der Waals surface area contributed by atoms with Gasteiger partial charge in [0, 0.05) is 0 Å². The summed E-state index contributed by atoms with van der Waals surface area (Å²) in [5.74, 6) is 0. The van der Waals surface area contributed by atoms with E-state index in [1.165, 1.54) is 55.6 Å². The molecule has 180 valence electrons. The minimum atomic E-state index is -1.07. The van der Waals surface area contributed by atoms with E-state index in [-0.39, 0.29) is 24.8 Å². The maximum Gasteiger partial charge on any atom is -1.00 e. The van der Waals surface area contributed by atoms with Crippen molar-refractivity contribution < 1.29 is 48.0 Å². The van der Waals surface area contributed by atoms with Gasteiger partial charge in [-0.25, -0.2) is 0 Å². The summed E-state index contributed by atoms with van der Waals surface area (Å²) in [4.78, 5) is 0. The second-order valence-corrected chi connectivity index (χ2v) is 12.3. The van der Waals surface area contributed by atoms with Gasteiger partial charge < -0.3 is 24.8 Å². The molecule has 0 saturated heterocycles. The van der Waals surface area contributed by atoms with Crippen LogP contribution in [0.5, 0.6) is 0 Å². The fourth-order valence-corrected chi connectivity index (χ4v) is 8.87. The van der Waals surface area contributed by atoms with Crippen molar-refractivity contribution in [1.82, 2.24) is 0 Å². The van der Waals surface area contributed by atoms with Crippen LogP contribution in [0, 0.1) is 13.8 Å². The summed E-state index contributed by atoms with van der Waals surface area (Å²) in [7, 11) is 0. The zero-order valence-corrected chi connectivity index (χ0v) is 24.8. The van der Waals surface area contributed by atoms with Gasteiger partial charge in [-0.3, -0.25) is 0 Å². The summed E-state index contributed by atoms with van der Waals surface area (Å²) in [5, 5.41) is 0. The molecule has 37 heavy (non-hydrogen) atoms. The third-order valence-corrected chi connectivity index (χ3v) is 11.4. The van der Waals surface area contributed by atoms with Crippen molar-refractivity contribution in [2.45, 2.75) is 13.8 Å². The Morgan fingerprint density at radius 2 is 0.703 bits per heavy atom. The molecule has 0 radical (unpaired) electrons. The van der Waals surface area contributed by atoms with Gasteiger partial charge in [-0.2, -0.15) is 0 Å². The minimum absolute atomic E-state index is 0. The van der Waals surface area contributed by atoms with Crippen LogP contribution < -0.4 is 31.4 Å². The van der Waals surface area contributed by atoms with Gasteiger partial charge in [0.05, 0.1) is 0 Å². The molecule has 0 atom stereocenters. The molecule has 0 heterocycles. The molecule has 0 unspecified atom stereocenters. The molecular formula is C34H26Cl2Zr. The molecule has 0 aliphatic heterocycles. The van der Waals surface area contributed by atoms with Crippen molar-refractivity contribution in [2.24, 2.45) is 0 Å². The topological polar surface area (TPSA) is 0 Å². The Hall–Kier alpha value is -2.70. The summed E-state index contributed by atoms with van der Waals surface area (Å²) < 4.78 is 3.20. The normalized spacial score (nSPS) is 10.4. The van der Waals surface area contributed by atoms with Crippen LogP contribution in [-0.4, -0.2) is 0 Å². The van der Waals surface area contributed by atoms with E-state index < -0.39 is 23.2 Å². The fraction of sp³-hybridized carbons (Fsp3) is 0.0588. The first-order chi connectivity index (χ1) is 17.2. The van der Waals surface area contributed by atoms with Gasteiger partial charge in [-0.15, -0.1) is 0 Å². The van der Waals surface area contributed by atoms with Gasteiger partial charge in [-0.05, 0) is 0 Å². The predicted octanol–water partition coefficient (Wildman–Crippen LogP) is 1.89. The van der Waals surface area contributed by atoms with Crippen LogP contribution in [0.15, 0.2) is 121 Å². The number of halogens is 2. The van der Waals surface area contributed by atoms with E-state index in [1.54, 1.807) is 6.54 Å². The maximum absolute atomic E-state index is 2.42. The molecule has 0 spiro atoms. The number of rotatable bonds is 4. The molecule has 0 saturated carbocycles. The number of aryl methyl sites for hydroxylation is 2. The third kappa shape index (κ3) is 5.19. The molecule has 2 aromatic carbocycles. The molecule has 0 amide bonds. The summed E-state index contributed by atoms with van der Waals surface area (Å²) in [6, 6.07) is 44.4. The second kappa shape index (κ2) is 11.8. The van der Waals surface area contributed by atoms with Crippen molar-refractivity contribution >= 4 is 6.54 Å². The third-order valence-electron chi connectivity index (χ3n) is 6.90. The average molecular weight is 597 g/mol. The van der Waals surface area contributed by atoms with E-state index in [1.807, 2.05) is 0 Å². The van der Waals surface area contributed by atoms with Crippen molar-refractivity contribution in [3.8, 4) is 44.5 Å². The second-order valence-electron chi connectivity index (χ2n) is 9.18. The molecule has 0 nitrogen and oxygen atoms in total. The van der Waals surface area contributed by atoms with E-state index >= 15 is 0 Å². The van der Waals surface area contributed by atoms with Gasteiger partial charge in [-0.1, -0.05) is 0 Å². The maximum atomic E-state index is 2.42. The molecule has 6 rings (SSSR count). The first kappa shape index (κ1) is 27.3. The summed E-state index contributed by atoms with van der Waals surface area (Å²) >= 11 is -1.07. The quantitative estimate of drug-likeness (QED) is 0.292. The molecule has 2 aromatic rings. The zero-order valence-electron chi connectivity index (χ0n) is 20.8. The molecule has 4 aliphatic carbocycles. The number of hydrogen-bond acceptors (Lipinski definition) is 0. The van der Waals surface area contributed by atoms with Crippen molar-refractivity contribution in [2.75, 3.05) is 0 Å². The minimum Gasteiger partial charge on any atom is -1.00 e. The first-order valence-electron chi connectivity index (χ1n) is 12.1. The summed E-state index contributed by atoms with van der Waals surface area (Å²) in [6.45, 7) is 4.61. The van der Waals surface area contributed by atoms with Gasteiger partial charge >= 0.3 is 221 Å². The fourth-order valence-electron chi connectivity index (χ4n) is 5.20. The smallest absolute Gasteiger partial charge is 1.00 e. The van der Waals surface area contributed by atoms with E-state index in [0.717, 1.165) is 0 Å². The molecule has 0 fully saturated rings. The monoisotopic (exact) mass is 594 g/mol. The number of fused-ring (bicyclic) bond motifs is 2. The van der Waals surface area contributed by atoms with Gasteiger partial charge in [0.2, 0.25) is 0 Å². The Bertz CT molecular complexity index is 1460. The number of benzene rings is 2. The zero-order chi connectivity index (χ0) is 23.8. The van der Waals surface area contributed by atoms with E-state index in [2.05, 4.69) is 135 Å². The molecule has 4 aliphatic rings. The van der Waals surface area contributed by atoms with Crippen LogP contribution in [-0.2, 0) is 23.2 Å². The van der Waals surface area contributed by atoms with Crippen LogP contribution >= 0.6 is 0 Å². The Balaban J connectivity index is 0.00000160. The predicted molar refractivity (Wildman–Crippen MR) is 146 cm³/mol. The van der Waals surface area contributed by atoms with Crippen LogP contribution in [0.2, 0.25) is 0 Å². The van der Waals surface area contributed by atoms with Crippen molar-refractivity contribution in [1.29, 1.82) is 0 Å². The molecular weight excluding hydrogens is 571 g/mol. The standard InChI is InChI=1S/2C17H13.2ClH.Zr/c2*1-13-11-15-9-5-6-10-16(17(15)12-13)14-7-3-2-4-8-14;;;/h2*2-10,12H,1H3;2*1H;/q;;;;+2/p-2. The SMILES string of the molecule is Cc1cc2c(-c3ccccc3)ccccc-2[c]1[Zr+2][c]1c(C)cc2c(-c3ccccc3)ccccc1-2.[Cl-].[Cl-]. The van der Waals surface area contributed by atoms with Gasteiger partial charge in [0.15, 0.2) is 0 Å².